The van der Waals surface area contributed by atoms with Crippen molar-refractivity contribution in [1.82, 2.24) is 10.2 Å². The fourth-order valence-electron chi connectivity index (χ4n) is 3.98. The number of benzene rings is 2. The van der Waals surface area contributed by atoms with Crippen LogP contribution in [-0.4, -0.2) is 41.4 Å². The Morgan fingerprint density at radius 3 is 2.31 bits per heavy atom. The van der Waals surface area contributed by atoms with E-state index in [1.807, 2.05) is 38.1 Å². The smallest absolute Gasteiger partial charge is 0.254 e. The first-order chi connectivity index (χ1) is 15.1. The zero-order chi connectivity index (χ0) is 23.5. The van der Waals surface area contributed by atoms with Crippen LogP contribution >= 0.6 is 11.6 Å². The second-order valence-electron chi connectivity index (χ2n) is 9.15. The third-order valence-electron chi connectivity index (χ3n) is 6.12. The quantitative estimate of drug-likeness (QED) is 0.636. The van der Waals surface area contributed by atoms with Crippen molar-refractivity contribution >= 4 is 29.1 Å². The van der Waals surface area contributed by atoms with Gasteiger partial charge >= 0.3 is 0 Å². The van der Waals surface area contributed by atoms with Gasteiger partial charge in [-0.05, 0) is 68.5 Å². The van der Waals surface area contributed by atoms with Crippen molar-refractivity contribution in [2.75, 3.05) is 18.4 Å². The lowest BCUT2D eigenvalue weighted by Gasteiger charge is -2.42. The Labute approximate surface area is 194 Å². The average Bonchev–Trinajstić information content (AvgIpc) is 2.75. The van der Waals surface area contributed by atoms with E-state index in [9.17, 15) is 14.0 Å². The van der Waals surface area contributed by atoms with Crippen molar-refractivity contribution in [1.29, 1.82) is 0 Å². The van der Waals surface area contributed by atoms with Gasteiger partial charge in [0.05, 0.1) is 5.56 Å². The molecule has 172 valence electrons. The van der Waals surface area contributed by atoms with Crippen molar-refractivity contribution in [3.63, 3.8) is 0 Å². The normalized spacial score (nSPS) is 16.5. The number of hydrogen-bond acceptors (Lipinski definition) is 3. The molecule has 2 amide bonds. The van der Waals surface area contributed by atoms with Gasteiger partial charge in [-0.3, -0.25) is 9.59 Å². The summed E-state index contributed by atoms with van der Waals surface area (Å²) in [5.41, 5.74) is 1.20. The standard InChI is InChI=1S/C25H31ClFN3O2/c1-16(2)22(28-23(31)20-7-5-6-17(3)21(20)27)24(32)30-14-12-25(4,13-15-30)29-19-10-8-18(26)9-11-19/h5-11,16,22,29H,12-15H2,1-4H3,(H,28,31). The van der Waals surface area contributed by atoms with Crippen LogP contribution < -0.4 is 10.6 Å². The molecule has 1 saturated heterocycles. The van der Waals surface area contributed by atoms with Crippen molar-refractivity contribution < 1.29 is 14.0 Å². The Morgan fingerprint density at radius 2 is 1.72 bits per heavy atom. The minimum absolute atomic E-state index is 0.0400. The molecule has 0 radical (unpaired) electrons. The number of carbonyl (C=O) groups excluding carboxylic acids is 2. The van der Waals surface area contributed by atoms with Crippen LogP contribution in [0.1, 0.15) is 49.5 Å². The number of rotatable bonds is 6. The summed E-state index contributed by atoms with van der Waals surface area (Å²) in [5, 5.41) is 7.01. The van der Waals surface area contributed by atoms with Gasteiger partial charge in [-0.1, -0.05) is 37.6 Å². The van der Waals surface area contributed by atoms with E-state index in [2.05, 4.69) is 17.6 Å². The average molecular weight is 460 g/mol. The fraction of sp³-hybridized carbons (Fsp3) is 0.440. The summed E-state index contributed by atoms with van der Waals surface area (Å²) >= 11 is 5.97. The number of nitrogens with one attached hydrogen (secondary N) is 2. The van der Waals surface area contributed by atoms with Crippen LogP contribution in [0.3, 0.4) is 0 Å². The molecule has 1 atom stereocenters. The highest BCUT2D eigenvalue weighted by Gasteiger charge is 2.36. The van der Waals surface area contributed by atoms with E-state index in [1.165, 1.54) is 6.07 Å². The summed E-state index contributed by atoms with van der Waals surface area (Å²) in [6.45, 7) is 8.67. The number of carbonyl (C=O) groups is 2. The second kappa shape index (κ2) is 9.90. The monoisotopic (exact) mass is 459 g/mol. The van der Waals surface area contributed by atoms with Crippen LogP contribution in [0.2, 0.25) is 5.02 Å². The molecule has 5 nitrogen and oxygen atoms in total. The molecule has 1 fully saturated rings. The molecule has 32 heavy (non-hydrogen) atoms. The molecule has 7 heteroatoms. The van der Waals surface area contributed by atoms with E-state index in [-0.39, 0.29) is 22.9 Å². The zero-order valence-corrected chi connectivity index (χ0v) is 19.8. The van der Waals surface area contributed by atoms with Crippen LogP contribution in [-0.2, 0) is 4.79 Å². The molecule has 0 aromatic heterocycles. The molecule has 0 spiro atoms. The number of nitrogens with zero attached hydrogens (tertiary/aromatic N) is 1. The summed E-state index contributed by atoms with van der Waals surface area (Å²) in [6, 6.07) is 11.6. The zero-order valence-electron chi connectivity index (χ0n) is 19.0. The maximum Gasteiger partial charge on any atom is 0.254 e. The molecule has 0 saturated carbocycles. The van der Waals surface area contributed by atoms with Gasteiger partial charge in [-0.15, -0.1) is 0 Å². The van der Waals surface area contributed by atoms with Crippen molar-refractivity contribution in [2.24, 2.45) is 5.92 Å². The Kier molecular flexibility index (Phi) is 7.44. The maximum atomic E-state index is 14.4. The molecule has 1 heterocycles. The van der Waals surface area contributed by atoms with Gasteiger partial charge in [-0.2, -0.15) is 0 Å². The highest BCUT2D eigenvalue weighted by Crippen LogP contribution is 2.28. The minimum atomic E-state index is -0.712. The van der Waals surface area contributed by atoms with Gasteiger partial charge in [0.2, 0.25) is 5.91 Å². The molecular formula is C25H31ClFN3O2. The summed E-state index contributed by atoms with van der Waals surface area (Å²) < 4.78 is 14.4. The van der Waals surface area contributed by atoms with Gasteiger partial charge in [0.15, 0.2) is 0 Å². The van der Waals surface area contributed by atoms with E-state index in [0.717, 1.165) is 18.5 Å². The van der Waals surface area contributed by atoms with Gasteiger partial charge in [-0.25, -0.2) is 4.39 Å². The molecule has 2 aromatic rings. The Hall–Kier alpha value is -2.60. The third kappa shape index (κ3) is 5.60. The summed E-state index contributed by atoms with van der Waals surface area (Å²) in [7, 11) is 0. The van der Waals surface area contributed by atoms with E-state index in [4.69, 9.17) is 11.6 Å². The molecule has 2 N–H and O–H groups in total. The molecule has 0 bridgehead atoms. The lowest BCUT2D eigenvalue weighted by Crippen LogP contribution is -2.56. The van der Waals surface area contributed by atoms with Gasteiger partial charge < -0.3 is 15.5 Å². The summed E-state index contributed by atoms with van der Waals surface area (Å²) in [4.78, 5) is 27.8. The first kappa shape index (κ1) is 24.1. The number of halogens is 2. The summed E-state index contributed by atoms with van der Waals surface area (Å²) in [5.74, 6) is -1.37. The first-order valence-electron chi connectivity index (χ1n) is 11.0. The predicted octanol–water partition coefficient (Wildman–Crippen LogP) is 5.04. The number of amides is 2. The molecular weight excluding hydrogens is 429 g/mol. The number of anilines is 1. The summed E-state index contributed by atoms with van der Waals surface area (Å²) in [6.07, 6.45) is 1.54. The number of piperidine rings is 1. The van der Waals surface area contributed by atoms with Gasteiger partial charge in [0.25, 0.3) is 5.91 Å². The van der Waals surface area contributed by atoms with E-state index in [1.54, 1.807) is 24.0 Å². The molecule has 3 rings (SSSR count). The number of aryl methyl sites for hydroxylation is 1. The number of hydrogen-bond donors (Lipinski definition) is 2. The van der Waals surface area contributed by atoms with E-state index >= 15 is 0 Å². The lowest BCUT2D eigenvalue weighted by atomic mass is 9.88. The van der Waals surface area contributed by atoms with E-state index < -0.39 is 17.8 Å². The van der Waals surface area contributed by atoms with E-state index in [0.29, 0.717) is 23.7 Å². The largest absolute Gasteiger partial charge is 0.380 e. The molecule has 1 aliphatic rings. The maximum absolute atomic E-state index is 14.4. The van der Waals surface area contributed by atoms with Crippen molar-refractivity contribution in [3.05, 3.63) is 64.4 Å². The van der Waals surface area contributed by atoms with Gasteiger partial charge in [0, 0.05) is 29.3 Å². The fourth-order valence-corrected chi connectivity index (χ4v) is 4.11. The van der Waals surface area contributed by atoms with Crippen LogP contribution in [0.15, 0.2) is 42.5 Å². The molecule has 1 aliphatic heterocycles. The Bertz CT molecular complexity index is 970. The molecule has 1 unspecified atom stereocenters. The van der Waals surface area contributed by atoms with Crippen LogP contribution in [0.5, 0.6) is 0 Å². The SMILES string of the molecule is Cc1cccc(C(=O)NC(C(=O)N2CCC(C)(Nc3ccc(Cl)cc3)CC2)C(C)C)c1F. The topological polar surface area (TPSA) is 61.4 Å². The molecule has 2 aromatic carbocycles. The highest BCUT2D eigenvalue weighted by molar-refractivity contribution is 6.30. The van der Waals surface area contributed by atoms with Crippen LogP contribution in [0, 0.1) is 18.7 Å². The van der Waals surface area contributed by atoms with Crippen molar-refractivity contribution in [3.8, 4) is 0 Å². The van der Waals surface area contributed by atoms with Gasteiger partial charge in [0.1, 0.15) is 11.9 Å². The number of likely N-dealkylation sites (tertiary alicyclic amines) is 1. The van der Waals surface area contributed by atoms with Crippen LogP contribution in [0.25, 0.3) is 0 Å². The highest BCUT2D eigenvalue weighted by atomic mass is 35.5. The Balaban J connectivity index is 1.64. The molecule has 0 aliphatic carbocycles. The Morgan fingerprint density at radius 1 is 1.09 bits per heavy atom. The third-order valence-corrected chi connectivity index (χ3v) is 6.38. The first-order valence-corrected chi connectivity index (χ1v) is 11.4. The lowest BCUT2D eigenvalue weighted by molar-refractivity contribution is -0.135. The minimum Gasteiger partial charge on any atom is -0.380 e. The van der Waals surface area contributed by atoms with Crippen molar-refractivity contribution in [2.45, 2.75) is 52.1 Å². The predicted molar refractivity (Wildman–Crippen MR) is 127 cm³/mol. The second-order valence-corrected chi connectivity index (χ2v) is 9.59. The van der Waals surface area contributed by atoms with Crippen LogP contribution in [0.4, 0.5) is 10.1 Å².